The lowest BCUT2D eigenvalue weighted by Gasteiger charge is -2.09. The van der Waals surface area contributed by atoms with Crippen molar-refractivity contribution in [2.45, 2.75) is 0 Å². The van der Waals surface area contributed by atoms with Gasteiger partial charge in [0.05, 0.1) is 0 Å². The largest absolute Gasteiger partial charge is 0.0622 e. The molecular weight excluding hydrogens is 240 g/mol. The molecule has 0 heterocycles. The lowest BCUT2D eigenvalue weighted by molar-refractivity contribution is 1.66. The molecule has 0 fully saturated rings. The van der Waals surface area contributed by atoms with Gasteiger partial charge in [-0.1, -0.05) is 84.9 Å². The van der Waals surface area contributed by atoms with Crippen molar-refractivity contribution in [3.63, 3.8) is 0 Å². The number of hydrogen-bond acceptors (Lipinski definition) is 0. The maximum atomic E-state index is 2.24. The van der Waals surface area contributed by atoms with Crippen LogP contribution >= 0.6 is 0 Å². The molecule has 0 aromatic heterocycles. The van der Waals surface area contributed by atoms with Crippen molar-refractivity contribution < 1.29 is 0 Å². The Hall–Kier alpha value is -2.60. The summed E-state index contributed by atoms with van der Waals surface area (Å²) in [6.45, 7) is 0. The third-order valence-corrected chi connectivity index (χ3v) is 3.87. The van der Waals surface area contributed by atoms with Crippen molar-refractivity contribution in [3.8, 4) is 11.1 Å². The van der Waals surface area contributed by atoms with Crippen molar-refractivity contribution in [1.82, 2.24) is 0 Å². The molecule has 0 amide bonds. The Kier molecular flexibility index (Phi) is 2.53. The van der Waals surface area contributed by atoms with Gasteiger partial charge in [0.15, 0.2) is 0 Å². The summed E-state index contributed by atoms with van der Waals surface area (Å²) in [6, 6.07) is 30.2. The van der Waals surface area contributed by atoms with Gasteiger partial charge in [-0.25, -0.2) is 0 Å². The molecular formula is C20H14. The average Bonchev–Trinajstić information content (AvgIpc) is 2.55. The second-order valence-corrected chi connectivity index (χ2v) is 5.05. The lowest BCUT2D eigenvalue weighted by Crippen LogP contribution is -1.82. The van der Waals surface area contributed by atoms with Crippen molar-refractivity contribution >= 4 is 21.5 Å². The van der Waals surface area contributed by atoms with E-state index in [-0.39, 0.29) is 0 Å². The molecule has 94 valence electrons. The van der Waals surface area contributed by atoms with Gasteiger partial charge in [-0.15, -0.1) is 0 Å². The minimum absolute atomic E-state index is 1.27. The van der Waals surface area contributed by atoms with E-state index in [0.717, 1.165) is 0 Å². The van der Waals surface area contributed by atoms with E-state index in [9.17, 15) is 0 Å². The SMILES string of the molecule is c1ccc(-c2cccc3c2ccc2ccccc23)cc1. The van der Waals surface area contributed by atoms with Gasteiger partial charge in [-0.05, 0) is 32.7 Å². The molecule has 0 aliphatic carbocycles. The summed E-state index contributed by atoms with van der Waals surface area (Å²) >= 11 is 0. The van der Waals surface area contributed by atoms with Gasteiger partial charge in [-0.2, -0.15) is 0 Å². The fraction of sp³-hybridized carbons (Fsp3) is 0. The summed E-state index contributed by atoms with van der Waals surface area (Å²) in [6.07, 6.45) is 0. The molecule has 0 unspecified atom stereocenters. The van der Waals surface area contributed by atoms with Gasteiger partial charge in [0.25, 0.3) is 0 Å². The lowest BCUT2D eigenvalue weighted by atomic mass is 9.95. The minimum Gasteiger partial charge on any atom is -0.0622 e. The number of fused-ring (bicyclic) bond motifs is 3. The zero-order valence-electron chi connectivity index (χ0n) is 11.1. The molecule has 0 heteroatoms. The van der Waals surface area contributed by atoms with E-state index in [4.69, 9.17) is 0 Å². The molecule has 0 aliphatic rings. The van der Waals surface area contributed by atoms with E-state index in [2.05, 4.69) is 84.9 Å². The van der Waals surface area contributed by atoms with Gasteiger partial charge in [-0.3, -0.25) is 0 Å². The molecule has 0 atom stereocenters. The molecule has 20 heavy (non-hydrogen) atoms. The zero-order valence-corrected chi connectivity index (χ0v) is 11.1. The highest BCUT2D eigenvalue weighted by Crippen LogP contribution is 2.32. The third kappa shape index (κ3) is 1.70. The summed E-state index contributed by atoms with van der Waals surface area (Å²) in [5.74, 6) is 0. The van der Waals surface area contributed by atoms with Crippen LogP contribution in [0.25, 0.3) is 32.7 Å². The number of benzene rings is 4. The fourth-order valence-electron chi connectivity index (χ4n) is 2.91. The topological polar surface area (TPSA) is 0 Å². The van der Waals surface area contributed by atoms with Crippen LogP contribution in [0.15, 0.2) is 84.9 Å². The first-order valence-corrected chi connectivity index (χ1v) is 6.89. The predicted molar refractivity (Wildman–Crippen MR) is 86.9 cm³/mol. The Bertz CT molecular complexity index is 889. The molecule has 4 aromatic carbocycles. The van der Waals surface area contributed by atoms with Crippen LogP contribution in [-0.2, 0) is 0 Å². The Morgan fingerprint density at radius 3 is 2.05 bits per heavy atom. The van der Waals surface area contributed by atoms with E-state index < -0.39 is 0 Å². The maximum absolute atomic E-state index is 2.24. The second kappa shape index (κ2) is 4.50. The Morgan fingerprint density at radius 2 is 1.15 bits per heavy atom. The Morgan fingerprint density at radius 1 is 0.400 bits per heavy atom. The van der Waals surface area contributed by atoms with E-state index in [1.807, 2.05) is 0 Å². The van der Waals surface area contributed by atoms with Crippen LogP contribution in [0.5, 0.6) is 0 Å². The highest BCUT2D eigenvalue weighted by molar-refractivity contribution is 6.11. The highest BCUT2D eigenvalue weighted by atomic mass is 14.1. The van der Waals surface area contributed by atoms with Gasteiger partial charge < -0.3 is 0 Å². The van der Waals surface area contributed by atoms with Crippen molar-refractivity contribution in [1.29, 1.82) is 0 Å². The highest BCUT2D eigenvalue weighted by Gasteiger charge is 2.05. The Balaban J connectivity index is 2.12. The molecule has 0 aliphatic heterocycles. The second-order valence-electron chi connectivity index (χ2n) is 5.05. The minimum atomic E-state index is 1.27. The summed E-state index contributed by atoms with van der Waals surface area (Å²) in [4.78, 5) is 0. The van der Waals surface area contributed by atoms with Crippen LogP contribution in [0.1, 0.15) is 0 Å². The first-order valence-electron chi connectivity index (χ1n) is 6.89. The van der Waals surface area contributed by atoms with Gasteiger partial charge in [0.2, 0.25) is 0 Å². The van der Waals surface area contributed by atoms with Gasteiger partial charge in [0, 0.05) is 0 Å². The molecule has 0 N–H and O–H groups in total. The zero-order chi connectivity index (χ0) is 13.4. The van der Waals surface area contributed by atoms with Crippen molar-refractivity contribution in [3.05, 3.63) is 84.9 Å². The third-order valence-electron chi connectivity index (χ3n) is 3.87. The van der Waals surface area contributed by atoms with E-state index in [0.29, 0.717) is 0 Å². The summed E-state index contributed by atoms with van der Waals surface area (Å²) in [7, 11) is 0. The van der Waals surface area contributed by atoms with E-state index >= 15 is 0 Å². The van der Waals surface area contributed by atoms with Gasteiger partial charge in [0.1, 0.15) is 0 Å². The predicted octanol–water partition coefficient (Wildman–Crippen LogP) is 5.66. The van der Waals surface area contributed by atoms with Crippen LogP contribution in [0.2, 0.25) is 0 Å². The molecule has 0 spiro atoms. The molecule has 0 bridgehead atoms. The molecule has 0 radical (unpaired) electrons. The maximum Gasteiger partial charge on any atom is -0.00990 e. The van der Waals surface area contributed by atoms with Crippen LogP contribution in [0, 0.1) is 0 Å². The van der Waals surface area contributed by atoms with Crippen LogP contribution in [-0.4, -0.2) is 0 Å². The van der Waals surface area contributed by atoms with Crippen LogP contribution in [0.3, 0.4) is 0 Å². The average molecular weight is 254 g/mol. The fourth-order valence-corrected chi connectivity index (χ4v) is 2.91. The van der Waals surface area contributed by atoms with Crippen molar-refractivity contribution in [2.75, 3.05) is 0 Å². The summed E-state index contributed by atoms with van der Waals surface area (Å²) in [5.41, 5.74) is 2.57. The first-order chi connectivity index (χ1) is 9.93. The number of rotatable bonds is 1. The quantitative estimate of drug-likeness (QED) is 0.384. The van der Waals surface area contributed by atoms with Crippen LogP contribution < -0.4 is 0 Å². The van der Waals surface area contributed by atoms with Crippen molar-refractivity contribution in [2.24, 2.45) is 0 Å². The molecule has 4 aromatic rings. The number of hydrogen-bond donors (Lipinski definition) is 0. The molecule has 0 saturated heterocycles. The van der Waals surface area contributed by atoms with Gasteiger partial charge >= 0.3 is 0 Å². The monoisotopic (exact) mass is 254 g/mol. The smallest absolute Gasteiger partial charge is 0.00990 e. The molecule has 4 rings (SSSR count). The summed E-state index contributed by atoms with van der Waals surface area (Å²) in [5, 5.41) is 5.26. The molecule has 0 nitrogen and oxygen atoms in total. The van der Waals surface area contributed by atoms with Crippen LogP contribution in [0.4, 0.5) is 0 Å². The standard InChI is InChI=1S/C20H14/c1-2-7-15(8-3-1)18-11-6-12-19-17-10-5-4-9-16(17)13-14-20(18)19/h1-14H. The normalized spacial score (nSPS) is 11.0. The van der Waals surface area contributed by atoms with E-state index in [1.54, 1.807) is 0 Å². The van der Waals surface area contributed by atoms with E-state index in [1.165, 1.54) is 32.7 Å². The molecule has 0 saturated carbocycles. The summed E-state index contributed by atoms with van der Waals surface area (Å²) < 4.78 is 0. The Labute approximate surface area is 118 Å². The first kappa shape index (κ1) is 11.2.